The minimum Gasteiger partial charge on any atom is -0.351 e. The minimum atomic E-state index is -0.0974. The fraction of sp³-hybridized carbons (Fsp3) is 0.429. The average Bonchev–Trinajstić information content (AvgIpc) is 3.10. The second kappa shape index (κ2) is 5.57. The molecule has 1 aliphatic rings. The zero-order valence-corrected chi connectivity index (χ0v) is 12.9. The number of hydrogen-bond acceptors (Lipinski definition) is 4. The summed E-state index contributed by atoms with van der Waals surface area (Å²) in [4.78, 5) is 23.8. The predicted molar refractivity (Wildman–Crippen MR) is 84.3 cm³/mol. The van der Waals surface area contributed by atoms with Crippen LogP contribution >= 0.6 is 11.8 Å². The molecular weight excluding hydrogens is 288 g/mol. The number of benzene rings is 1. The van der Waals surface area contributed by atoms with Crippen molar-refractivity contribution in [3.63, 3.8) is 0 Å². The summed E-state index contributed by atoms with van der Waals surface area (Å²) in [5.74, 6) is 1.68. The third-order valence-corrected chi connectivity index (χ3v) is 4.78. The van der Waals surface area contributed by atoms with Gasteiger partial charge in [-0.05, 0) is 17.7 Å². The van der Waals surface area contributed by atoms with E-state index < -0.39 is 0 Å². The zero-order valence-electron chi connectivity index (χ0n) is 12.0. The van der Waals surface area contributed by atoms with Crippen LogP contribution in [0.4, 0.5) is 0 Å². The molecule has 1 aromatic carbocycles. The SMILES string of the molecule is Cn1c(=O)n(C)c2cc(CNC(=O)C3CSCN3)ccc21. The van der Waals surface area contributed by atoms with Crippen LogP contribution in [0.3, 0.4) is 0 Å². The monoisotopic (exact) mass is 306 g/mol. The Morgan fingerprint density at radius 3 is 2.86 bits per heavy atom. The summed E-state index contributed by atoms with van der Waals surface area (Å²) in [5, 5.41) is 6.08. The number of fused-ring (bicyclic) bond motifs is 1. The van der Waals surface area contributed by atoms with Gasteiger partial charge in [0.15, 0.2) is 0 Å². The van der Waals surface area contributed by atoms with Gasteiger partial charge in [0.2, 0.25) is 5.91 Å². The molecule has 112 valence electrons. The summed E-state index contributed by atoms with van der Waals surface area (Å²) in [6.45, 7) is 0.473. The van der Waals surface area contributed by atoms with Gasteiger partial charge in [-0.2, -0.15) is 0 Å². The van der Waals surface area contributed by atoms with Crippen LogP contribution in [-0.2, 0) is 25.4 Å². The Morgan fingerprint density at radius 2 is 2.14 bits per heavy atom. The number of aryl methyl sites for hydroxylation is 2. The first-order valence-corrected chi connectivity index (χ1v) is 7.96. The summed E-state index contributed by atoms with van der Waals surface area (Å²) in [7, 11) is 3.52. The van der Waals surface area contributed by atoms with Crippen LogP contribution < -0.4 is 16.3 Å². The van der Waals surface area contributed by atoms with Crippen molar-refractivity contribution in [2.24, 2.45) is 14.1 Å². The zero-order chi connectivity index (χ0) is 15.0. The van der Waals surface area contributed by atoms with E-state index in [2.05, 4.69) is 10.6 Å². The largest absolute Gasteiger partial charge is 0.351 e. The molecule has 21 heavy (non-hydrogen) atoms. The Bertz CT molecular complexity index is 743. The fourth-order valence-corrected chi connectivity index (χ4v) is 3.48. The van der Waals surface area contributed by atoms with Crippen LogP contribution in [0.2, 0.25) is 0 Å². The minimum absolute atomic E-state index is 0.0297. The van der Waals surface area contributed by atoms with E-state index in [0.29, 0.717) is 6.54 Å². The fourth-order valence-electron chi connectivity index (χ4n) is 2.54. The van der Waals surface area contributed by atoms with Crippen LogP contribution in [-0.4, -0.2) is 32.7 Å². The third kappa shape index (κ3) is 2.58. The van der Waals surface area contributed by atoms with Gasteiger partial charge in [0.1, 0.15) is 0 Å². The van der Waals surface area contributed by atoms with E-state index in [0.717, 1.165) is 28.2 Å². The molecule has 2 N–H and O–H groups in total. The van der Waals surface area contributed by atoms with Crippen molar-refractivity contribution in [1.82, 2.24) is 19.8 Å². The summed E-state index contributed by atoms with van der Waals surface area (Å²) in [6.07, 6.45) is 0. The highest BCUT2D eigenvalue weighted by Gasteiger charge is 2.21. The van der Waals surface area contributed by atoms with Gasteiger partial charge in [-0.3, -0.25) is 19.2 Å². The van der Waals surface area contributed by atoms with Gasteiger partial charge in [0, 0.05) is 32.3 Å². The molecule has 6 nitrogen and oxygen atoms in total. The van der Waals surface area contributed by atoms with E-state index in [1.54, 1.807) is 35.0 Å². The number of carbonyl (C=O) groups is 1. The molecule has 0 saturated carbocycles. The maximum Gasteiger partial charge on any atom is 0.328 e. The number of nitrogens with one attached hydrogen (secondary N) is 2. The molecule has 0 bridgehead atoms. The first-order valence-electron chi connectivity index (χ1n) is 6.81. The van der Waals surface area contributed by atoms with Crippen molar-refractivity contribution in [2.45, 2.75) is 12.6 Å². The van der Waals surface area contributed by atoms with Crippen LogP contribution in [0.5, 0.6) is 0 Å². The van der Waals surface area contributed by atoms with Crippen LogP contribution in [0.15, 0.2) is 23.0 Å². The van der Waals surface area contributed by atoms with E-state index >= 15 is 0 Å². The lowest BCUT2D eigenvalue weighted by Gasteiger charge is -2.10. The summed E-state index contributed by atoms with van der Waals surface area (Å²) >= 11 is 1.73. The standard InChI is InChI=1S/C14H18N4O2S/c1-17-11-4-3-9(5-12(11)18(2)14(17)20)6-15-13(19)10-7-21-8-16-10/h3-5,10,16H,6-8H2,1-2H3,(H,15,19). The number of imidazole rings is 1. The Morgan fingerprint density at radius 1 is 1.38 bits per heavy atom. The van der Waals surface area contributed by atoms with E-state index in [4.69, 9.17) is 0 Å². The Kier molecular flexibility index (Phi) is 3.77. The van der Waals surface area contributed by atoms with Gasteiger partial charge < -0.3 is 5.32 Å². The highest BCUT2D eigenvalue weighted by atomic mass is 32.2. The van der Waals surface area contributed by atoms with Gasteiger partial charge in [-0.15, -0.1) is 11.8 Å². The van der Waals surface area contributed by atoms with Gasteiger partial charge in [-0.25, -0.2) is 4.79 Å². The maximum absolute atomic E-state index is 12.0. The molecule has 1 atom stereocenters. The third-order valence-electron chi connectivity index (χ3n) is 3.84. The molecule has 1 fully saturated rings. The molecule has 3 rings (SSSR count). The lowest BCUT2D eigenvalue weighted by atomic mass is 10.2. The molecular formula is C14H18N4O2S. The van der Waals surface area contributed by atoms with E-state index in [1.165, 1.54) is 0 Å². The number of hydrogen-bond donors (Lipinski definition) is 2. The smallest absolute Gasteiger partial charge is 0.328 e. The molecule has 0 spiro atoms. The quantitative estimate of drug-likeness (QED) is 0.847. The Labute approximate surface area is 126 Å². The van der Waals surface area contributed by atoms with Crippen molar-refractivity contribution in [2.75, 3.05) is 11.6 Å². The molecule has 1 saturated heterocycles. The first kappa shape index (κ1) is 14.2. The molecule has 2 heterocycles. The lowest BCUT2D eigenvalue weighted by Crippen LogP contribution is -2.41. The van der Waals surface area contributed by atoms with Crippen molar-refractivity contribution >= 4 is 28.7 Å². The molecule has 1 aromatic heterocycles. The lowest BCUT2D eigenvalue weighted by molar-refractivity contribution is -0.122. The van der Waals surface area contributed by atoms with Crippen LogP contribution in [0, 0.1) is 0 Å². The number of aromatic nitrogens is 2. The first-order chi connectivity index (χ1) is 10.1. The highest BCUT2D eigenvalue weighted by Crippen LogP contribution is 2.14. The van der Waals surface area contributed by atoms with Crippen molar-refractivity contribution < 1.29 is 4.79 Å². The number of nitrogens with zero attached hydrogens (tertiary/aromatic N) is 2. The maximum atomic E-state index is 12.0. The molecule has 7 heteroatoms. The van der Waals surface area contributed by atoms with E-state index in [-0.39, 0.29) is 17.6 Å². The van der Waals surface area contributed by atoms with Crippen LogP contribution in [0.25, 0.3) is 11.0 Å². The van der Waals surface area contributed by atoms with Crippen molar-refractivity contribution in [1.29, 1.82) is 0 Å². The van der Waals surface area contributed by atoms with Gasteiger partial charge in [-0.1, -0.05) is 6.07 Å². The molecule has 0 radical (unpaired) electrons. The second-order valence-corrected chi connectivity index (χ2v) is 6.24. The number of thioether (sulfide) groups is 1. The summed E-state index contributed by atoms with van der Waals surface area (Å²) in [6, 6.07) is 5.72. The highest BCUT2D eigenvalue weighted by molar-refractivity contribution is 7.99. The molecule has 1 aliphatic heterocycles. The van der Waals surface area contributed by atoms with E-state index in [9.17, 15) is 9.59 Å². The summed E-state index contributed by atoms with van der Waals surface area (Å²) in [5.41, 5.74) is 2.72. The molecule has 1 unspecified atom stereocenters. The number of amides is 1. The Balaban J connectivity index is 1.77. The number of rotatable bonds is 3. The summed E-state index contributed by atoms with van der Waals surface area (Å²) < 4.78 is 3.24. The molecule has 2 aromatic rings. The van der Waals surface area contributed by atoms with Gasteiger partial charge in [0.25, 0.3) is 0 Å². The average molecular weight is 306 g/mol. The van der Waals surface area contributed by atoms with Crippen LogP contribution in [0.1, 0.15) is 5.56 Å². The molecule has 1 amide bonds. The van der Waals surface area contributed by atoms with Crippen molar-refractivity contribution in [3.8, 4) is 0 Å². The predicted octanol–water partition coefficient (Wildman–Crippen LogP) is 0.156. The van der Waals surface area contributed by atoms with Crippen molar-refractivity contribution in [3.05, 3.63) is 34.2 Å². The number of carbonyl (C=O) groups excluding carboxylic acids is 1. The Hall–Kier alpha value is -1.73. The van der Waals surface area contributed by atoms with Gasteiger partial charge in [0.05, 0.1) is 17.1 Å². The second-order valence-electron chi connectivity index (χ2n) is 5.21. The topological polar surface area (TPSA) is 68.1 Å². The molecule has 0 aliphatic carbocycles. The normalized spacial score (nSPS) is 18.3. The van der Waals surface area contributed by atoms with E-state index in [1.807, 2.05) is 18.2 Å². The van der Waals surface area contributed by atoms with Gasteiger partial charge >= 0.3 is 5.69 Å².